The zero-order chi connectivity index (χ0) is 17.7. The average Bonchev–Trinajstić information content (AvgIpc) is 2.60. The number of hydrogen-bond acceptors (Lipinski definition) is 4. The SMILES string of the molecule is COc1ccc(CC(=O)N(C)c2ccc(N(C)C)cc2)cc1OC. The van der Waals surface area contributed by atoms with E-state index in [4.69, 9.17) is 9.47 Å². The van der Waals surface area contributed by atoms with Gasteiger partial charge in [0.15, 0.2) is 11.5 Å². The van der Waals surface area contributed by atoms with Gasteiger partial charge >= 0.3 is 0 Å². The summed E-state index contributed by atoms with van der Waals surface area (Å²) in [6.45, 7) is 0. The molecule has 0 radical (unpaired) electrons. The summed E-state index contributed by atoms with van der Waals surface area (Å²) in [5.41, 5.74) is 2.85. The number of likely N-dealkylation sites (N-methyl/N-ethyl adjacent to an activating group) is 1. The summed E-state index contributed by atoms with van der Waals surface area (Å²) in [4.78, 5) is 16.2. The van der Waals surface area contributed by atoms with Gasteiger partial charge in [-0.15, -0.1) is 0 Å². The van der Waals surface area contributed by atoms with E-state index in [1.165, 1.54) is 0 Å². The lowest BCUT2D eigenvalue weighted by Crippen LogP contribution is -2.27. The Kier molecular flexibility index (Phi) is 5.68. The minimum atomic E-state index is 0.0137. The van der Waals surface area contributed by atoms with Crippen LogP contribution >= 0.6 is 0 Å². The van der Waals surface area contributed by atoms with Crippen molar-refractivity contribution in [3.8, 4) is 11.5 Å². The Bertz CT molecular complexity index is 696. The molecule has 0 aromatic heterocycles. The molecule has 0 aliphatic rings. The summed E-state index contributed by atoms with van der Waals surface area (Å²) in [5.74, 6) is 1.29. The summed E-state index contributed by atoms with van der Waals surface area (Å²) in [5, 5.41) is 0. The molecule has 0 atom stereocenters. The van der Waals surface area contributed by atoms with E-state index in [0.29, 0.717) is 17.9 Å². The fourth-order valence-corrected chi connectivity index (χ4v) is 2.40. The van der Waals surface area contributed by atoms with Crippen molar-refractivity contribution in [2.45, 2.75) is 6.42 Å². The number of benzene rings is 2. The Hall–Kier alpha value is -2.69. The average molecular weight is 328 g/mol. The minimum absolute atomic E-state index is 0.0137. The topological polar surface area (TPSA) is 42.0 Å². The largest absolute Gasteiger partial charge is 0.493 e. The number of ether oxygens (including phenoxy) is 2. The van der Waals surface area contributed by atoms with Crippen LogP contribution in [0, 0.1) is 0 Å². The van der Waals surface area contributed by atoms with Gasteiger partial charge in [0, 0.05) is 32.5 Å². The molecule has 0 heterocycles. The highest BCUT2D eigenvalue weighted by Crippen LogP contribution is 2.28. The van der Waals surface area contributed by atoms with Crippen molar-refractivity contribution in [1.82, 2.24) is 0 Å². The molecular weight excluding hydrogens is 304 g/mol. The molecule has 24 heavy (non-hydrogen) atoms. The fourth-order valence-electron chi connectivity index (χ4n) is 2.40. The van der Waals surface area contributed by atoms with Crippen molar-refractivity contribution in [1.29, 1.82) is 0 Å². The first-order valence-electron chi connectivity index (χ1n) is 7.71. The molecule has 0 unspecified atom stereocenters. The van der Waals surface area contributed by atoms with Gasteiger partial charge in [0.1, 0.15) is 0 Å². The van der Waals surface area contributed by atoms with Gasteiger partial charge in [-0.25, -0.2) is 0 Å². The molecule has 0 fully saturated rings. The normalized spacial score (nSPS) is 10.2. The van der Waals surface area contributed by atoms with Crippen molar-refractivity contribution in [2.24, 2.45) is 0 Å². The summed E-state index contributed by atoms with van der Waals surface area (Å²) in [6, 6.07) is 13.4. The summed E-state index contributed by atoms with van der Waals surface area (Å²) in [7, 11) is 8.94. The van der Waals surface area contributed by atoms with Gasteiger partial charge in [0.2, 0.25) is 5.91 Å². The fraction of sp³-hybridized carbons (Fsp3) is 0.316. The molecule has 2 aromatic rings. The van der Waals surface area contributed by atoms with Crippen molar-refractivity contribution in [3.63, 3.8) is 0 Å². The third kappa shape index (κ3) is 3.98. The van der Waals surface area contributed by atoms with Crippen molar-refractivity contribution in [3.05, 3.63) is 48.0 Å². The van der Waals surface area contributed by atoms with Crippen LogP contribution in [0.4, 0.5) is 11.4 Å². The molecule has 0 aliphatic carbocycles. The third-order valence-electron chi connectivity index (χ3n) is 3.93. The summed E-state index contributed by atoms with van der Waals surface area (Å²) >= 11 is 0. The van der Waals surface area contributed by atoms with Gasteiger partial charge in [0.05, 0.1) is 20.6 Å². The Balaban J connectivity index is 2.11. The first-order valence-corrected chi connectivity index (χ1v) is 7.71. The Morgan fingerprint density at radius 2 is 1.46 bits per heavy atom. The lowest BCUT2D eigenvalue weighted by molar-refractivity contribution is -0.117. The van der Waals surface area contributed by atoms with Crippen LogP contribution in [0.5, 0.6) is 11.5 Å². The quantitative estimate of drug-likeness (QED) is 0.817. The molecule has 2 rings (SSSR count). The molecule has 0 saturated heterocycles. The zero-order valence-electron chi connectivity index (χ0n) is 14.9. The number of anilines is 2. The van der Waals surface area contributed by atoms with Crippen LogP contribution in [0.2, 0.25) is 0 Å². The van der Waals surface area contributed by atoms with E-state index < -0.39 is 0 Å². The van der Waals surface area contributed by atoms with Gasteiger partial charge in [-0.3, -0.25) is 4.79 Å². The molecule has 0 aliphatic heterocycles. The number of carbonyl (C=O) groups excluding carboxylic acids is 1. The van der Waals surface area contributed by atoms with E-state index in [9.17, 15) is 4.79 Å². The lowest BCUT2D eigenvalue weighted by atomic mass is 10.1. The first kappa shape index (κ1) is 17.7. The van der Waals surface area contributed by atoms with Crippen LogP contribution in [0.1, 0.15) is 5.56 Å². The number of hydrogen-bond donors (Lipinski definition) is 0. The maximum absolute atomic E-state index is 12.5. The van der Waals surface area contributed by atoms with Crippen LogP contribution in [0.3, 0.4) is 0 Å². The van der Waals surface area contributed by atoms with E-state index in [2.05, 4.69) is 0 Å². The second-order valence-electron chi connectivity index (χ2n) is 5.73. The number of nitrogens with zero attached hydrogens (tertiary/aromatic N) is 2. The molecule has 0 spiro atoms. The number of rotatable bonds is 6. The standard InChI is InChI=1S/C19H24N2O3/c1-20(2)15-7-9-16(10-8-15)21(3)19(22)13-14-6-11-17(23-4)18(12-14)24-5/h6-12H,13H2,1-5H3. The Morgan fingerprint density at radius 3 is 2.00 bits per heavy atom. The van der Waals surface area contributed by atoms with Crippen LogP contribution in [0.25, 0.3) is 0 Å². The van der Waals surface area contributed by atoms with Gasteiger partial charge < -0.3 is 19.3 Å². The van der Waals surface area contributed by atoms with Crippen LogP contribution in [-0.2, 0) is 11.2 Å². The van der Waals surface area contributed by atoms with Gasteiger partial charge in [-0.05, 0) is 42.0 Å². The number of amides is 1. The maximum atomic E-state index is 12.5. The summed E-state index contributed by atoms with van der Waals surface area (Å²) < 4.78 is 10.5. The van der Waals surface area contributed by atoms with E-state index in [0.717, 1.165) is 16.9 Å². The second-order valence-corrected chi connectivity index (χ2v) is 5.73. The molecule has 5 heteroatoms. The molecular formula is C19H24N2O3. The molecule has 0 N–H and O–H groups in total. The van der Waals surface area contributed by atoms with E-state index in [1.54, 1.807) is 26.2 Å². The molecule has 0 saturated carbocycles. The van der Waals surface area contributed by atoms with Gasteiger partial charge in [0.25, 0.3) is 0 Å². The predicted molar refractivity (Wildman–Crippen MR) is 97.4 cm³/mol. The maximum Gasteiger partial charge on any atom is 0.231 e. The first-order chi connectivity index (χ1) is 11.5. The molecule has 5 nitrogen and oxygen atoms in total. The molecule has 128 valence electrons. The van der Waals surface area contributed by atoms with Crippen LogP contribution in [-0.4, -0.2) is 41.3 Å². The van der Waals surface area contributed by atoms with Crippen molar-refractivity contribution < 1.29 is 14.3 Å². The van der Waals surface area contributed by atoms with E-state index in [-0.39, 0.29) is 5.91 Å². The van der Waals surface area contributed by atoms with Crippen LogP contribution in [0.15, 0.2) is 42.5 Å². The number of methoxy groups -OCH3 is 2. The Morgan fingerprint density at radius 1 is 0.875 bits per heavy atom. The lowest BCUT2D eigenvalue weighted by Gasteiger charge is -2.19. The van der Waals surface area contributed by atoms with E-state index >= 15 is 0 Å². The smallest absolute Gasteiger partial charge is 0.231 e. The van der Waals surface area contributed by atoms with Gasteiger partial charge in [-0.1, -0.05) is 6.07 Å². The van der Waals surface area contributed by atoms with Crippen molar-refractivity contribution in [2.75, 3.05) is 45.2 Å². The summed E-state index contributed by atoms with van der Waals surface area (Å²) in [6.07, 6.45) is 0.298. The van der Waals surface area contributed by atoms with Crippen LogP contribution < -0.4 is 19.3 Å². The van der Waals surface area contributed by atoms with Crippen molar-refractivity contribution >= 4 is 17.3 Å². The Labute approximate surface area is 143 Å². The molecule has 1 amide bonds. The van der Waals surface area contributed by atoms with Gasteiger partial charge in [-0.2, -0.15) is 0 Å². The highest BCUT2D eigenvalue weighted by atomic mass is 16.5. The minimum Gasteiger partial charge on any atom is -0.493 e. The highest BCUT2D eigenvalue weighted by Gasteiger charge is 2.13. The number of carbonyl (C=O) groups is 1. The second kappa shape index (κ2) is 7.73. The highest BCUT2D eigenvalue weighted by molar-refractivity contribution is 5.94. The molecule has 2 aromatic carbocycles. The third-order valence-corrected chi connectivity index (χ3v) is 3.93. The van der Waals surface area contributed by atoms with E-state index in [1.807, 2.05) is 61.5 Å². The predicted octanol–water partition coefficient (Wildman–Crippen LogP) is 2.98. The molecule has 0 bridgehead atoms. The zero-order valence-corrected chi connectivity index (χ0v) is 14.9. The monoisotopic (exact) mass is 328 g/mol.